The second kappa shape index (κ2) is 17.3. The molecule has 3 amide bonds. The number of hydrogen-bond acceptors (Lipinski definition) is 8. The molecule has 0 saturated carbocycles. The van der Waals surface area contributed by atoms with Gasteiger partial charge in [0.2, 0.25) is 0 Å². The van der Waals surface area contributed by atoms with Crippen LogP contribution in [-0.4, -0.2) is 77.6 Å². The number of hydrogen-bond donors (Lipinski definition) is 2. The number of ether oxygens (including phenoxy) is 5. The van der Waals surface area contributed by atoms with Gasteiger partial charge in [-0.2, -0.15) is 0 Å². The number of aryl methyl sites for hydroxylation is 2. The third-order valence-corrected chi connectivity index (χ3v) is 7.66. The van der Waals surface area contributed by atoms with Gasteiger partial charge in [0.15, 0.2) is 11.5 Å². The second-order valence-corrected chi connectivity index (χ2v) is 11.5. The van der Waals surface area contributed by atoms with Crippen LogP contribution < -0.4 is 25.0 Å². The van der Waals surface area contributed by atoms with E-state index in [1.54, 1.807) is 49.5 Å². The Bertz CT molecular complexity index is 1660. The Balaban J connectivity index is 1.41. The maximum absolute atomic E-state index is 14.0. The van der Waals surface area contributed by atoms with Gasteiger partial charge in [0, 0.05) is 46.9 Å². The predicted octanol–water partition coefficient (Wildman–Crippen LogP) is 5.91. The summed E-state index contributed by atoms with van der Waals surface area (Å²) in [5, 5.41) is 5.71. The fourth-order valence-electron chi connectivity index (χ4n) is 4.90. The lowest BCUT2D eigenvalue weighted by molar-refractivity contribution is 0.00708. The first-order valence-corrected chi connectivity index (χ1v) is 16.1. The molecule has 1 aliphatic heterocycles. The maximum atomic E-state index is 14.0. The van der Waals surface area contributed by atoms with Crippen LogP contribution in [0.2, 0.25) is 0 Å². The van der Waals surface area contributed by atoms with Crippen LogP contribution in [0.25, 0.3) is 0 Å². The van der Waals surface area contributed by atoms with Crippen LogP contribution in [0.3, 0.4) is 0 Å². The highest BCUT2D eigenvalue weighted by Crippen LogP contribution is 2.33. The summed E-state index contributed by atoms with van der Waals surface area (Å²) in [6.45, 7) is 6.97. The molecule has 4 aromatic carbocycles. The molecule has 0 aliphatic carbocycles. The number of amides is 3. The molecule has 11 nitrogen and oxygen atoms in total. The van der Waals surface area contributed by atoms with Gasteiger partial charge < -0.3 is 39.2 Å². The van der Waals surface area contributed by atoms with Gasteiger partial charge in [-0.1, -0.05) is 35.4 Å². The molecule has 0 saturated heterocycles. The summed E-state index contributed by atoms with van der Waals surface area (Å²) in [4.78, 5) is 42.3. The lowest BCUT2D eigenvalue weighted by atomic mass is 10.0. The minimum Gasteiger partial charge on any atom is -0.487 e. The van der Waals surface area contributed by atoms with Gasteiger partial charge in [0.25, 0.3) is 17.7 Å². The number of anilines is 3. The van der Waals surface area contributed by atoms with Crippen LogP contribution in [-0.2, 0) is 14.2 Å². The molecule has 0 unspecified atom stereocenters. The Morgan fingerprint density at radius 3 is 1.45 bits per heavy atom. The molecule has 0 aromatic heterocycles. The van der Waals surface area contributed by atoms with Gasteiger partial charge in [0.05, 0.1) is 39.6 Å². The van der Waals surface area contributed by atoms with Crippen molar-refractivity contribution in [3.05, 3.63) is 113 Å². The molecule has 4 aromatic rings. The average molecular weight is 668 g/mol. The smallest absolute Gasteiger partial charge is 0.258 e. The Labute approximate surface area is 286 Å². The van der Waals surface area contributed by atoms with Crippen molar-refractivity contribution in [1.82, 2.24) is 0 Å². The first-order chi connectivity index (χ1) is 23.8. The molecule has 11 heteroatoms. The minimum absolute atomic E-state index is 0.147. The summed E-state index contributed by atoms with van der Waals surface area (Å²) in [5.74, 6) is -0.448. The summed E-state index contributed by atoms with van der Waals surface area (Å²) in [6, 6.07) is 24.3. The number of carbonyl (C=O) groups is 3. The fourth-order valence-corrected chi connectivity index (χ4v) is 4.90. The normalized spacial score (nSPS) is 14.1. The summed E-state index contributed by atoms with van der Waals surface area (Å²) >= 11 is 0. The highest BCUT2D eigenvalue weighted by atomic mass is 16.6. The first kappa shape index (κ1) is 35.1. The van der Waals surface area contributed by atoms with Crippen LogP contribution in [0.5, 0.6) is 11.5 Å². The van der Waals surface area contributed by atoms with E-state index in [9.17, 15) is 14.4 Å². The van der Waals surface area contributed by atoms with E-state index in [0.29, 0.717) is 74.8 Å². The van der Waals surface area contributed by atoms with Crippen molar-refractivity contribution in [3.63, 3.8) is 0 Å². The Morgan fingerprint density at radius 1 is 0.531 bits per heavy atom. The second-order valence-electron chi connectivity index (χ2n) is 11.5. The monoisotopic (exact) mass is 667 g/mol. The standard InChI is InChI=1S/C38H41N3O8/c1-26-4-8-31(9-5-26)39-36(42)28-22-29(37(43)40-32-10-6-27(2)7-11-32)24-30(23-28)38(44)41(3)33-12-13-34-35(25-33)49-21-19-47-17-15-45-14-16-46-18-20-48-34/h4-13,22-25H,14-21H2,1-3H3,(H,39,42)(H,40,43). The zero-order valence-corrected chi connectivity index (χ0v) is 28.0. The summed E-state index contributed by atoms with van der Waals surface area (Å²) in [6.07, 6.45) is 0. The topological polar surface area (TPSA) is 125 Å². The molecule has 49 heavy (non-hydrogen) atoms. The van der Waals surface area contributed by atoms with Crippen molar-refractivity contribution in [3.8, 4) is 11.5 Å². The third-order valence-electron chi connectivity index (χ3n) is 7.66. The van der Waals surface area contributed by atoms with Crippen molar-refractivity contribution >= 4 is 34.8 Å². The maximum Gasteiger partial charge on any atom is 0.258 e. The number of fused-ring (bicyclic) bond motifs is 1. The highest BCUT2D eigenvalue weighted by molar-refractivity contribution is 6.13. The van der Waals surface area contributed by atoms with E-state index < -0.39 is 17.7 Å². The lowest BCUT2D eigenvalue weighted by Gasteiger charge is -2.21. The Morgan fingerprint density at radius 2 is 0.959 bits per heavy atom. The lowest BCUT2D eigenvalue weighted by Crippen LogP contribution is -2.27. The third kappa shape index (κ3) is 10.1. The van der Waals surface area contributed by atoms with Gasteiger partial charge >= 0.3 is 0 Å². The van der Waals surface area contributed by atoms with Crippen LogP contribution in [0.1, 0.15) is 42.2 Å². The van der Waals surface area contributed by atoms with Crippen molar-refractivity contribution < 1.29 is 38.1 Å². The van der Waals surface area contributed by atoms with Crippen LogP contribution >= 0.6 is 0 Å². The number of carbonyl (C=O) groups excluding carboxylic acids is 3. The SMILES string of the molecule is Cc1ccc(NC(=O)c2cc(C(=O)Nc3ccc(C)cc3)cc(C(=O)N(C)c3ccc4c(c3)OCCOCCOCCOCCO4)c2)cc1. The highest BCUT2D eigenvalue weighted by Gasteiger charge is 2.21. The molecular weight excluding hydrogens is 626 g/mol. The molecule has 0 spiro atoms. The zero-order valence-electron chi connectivity index (χ0n) is 28.0. The van der Waals surface area contributed by atoms with Gasteiger partial charge in [-0.15, -0.1) is 0 Å². The Hall–Kier alpha value is -5.23. The molecule has 1 aliphatic rings. The molecule has 0 bridgehead atoms. The minimum atomic E-state index is -0.462. The molecule has 2 N–H and O–H groups in total. The van der Waals surface area contributed by atoms with E-state index >= 15 is 0 Å². The van der Waals surface area contributed by atoms with E-state index in [4.69, 9.17) is 23.7 Å². The molecule has 5 rings (SSSR count). The molecule has 0 fully saturated rings. The molecule has 0 radical (unpaired) electrons. The fraction of sp³-hybridized carbons (Fsp3) is 0.289. The van der Waals surface area contributed by atoms with Gasteiger partial charge in [-0.3, -0.25) is 14.4 Å². The van der Waals surface area contributed by atoms with Crippen LogP contribution in [0, 0.1) is 13.8 Å². The Kier molecular flexibility index (Phi) is 12.4. The first-order valence-electron chi connectivity index (χ1n) is 16.1. The van der Waals surface area contributed by atoms with Gasteiger partial charge in [-0.05, 0) is 68.4 Å². The zero-order chi connectivity index (χ0) is 34.6. The van der Waals surface area contributed by atoms with E-state index in [1.165, 1.54) is 23.1 Å². The molecule has 0 atom stereocenters. The van der Waals surface area contributed by atoms with E-state index in [1.807, 2.05) is 38.1 Å². The van der Waals surface area contributed by atoms with E-state index in [0.717, 1.165) is 11.1 Å². The van der Waals surface area contributed by atoms with Gasteiger partial charge in [0.1, 0.15) is 13.2 Å². The largest absolute Gasteiger partial charge is 0.487 e. The predicted molar refractivity (Wildman–Crippen MR) is 187 cm³/mol. The quantitative estimate of drug-likeness (QED) is 0.260. The number of nitrogens with zero attached hydrogens (tertiary/aromatic N) is 1. The summed E-state index contributed by atoms with van der Waals surface area (Å²) in [7, 11) is 1.61. The van der Waals surface area contributed by atoms with Crippen molar-refractivity contribution in [2.24, 2.45) is 0 Å². The van der Waals surface area contributed by atoms with Crippen LogP contribution in [0.4, 0.5) is 17.1 Å². The number of benzene rings is 4. The van der Waals surface area contributed by atoms with E-state index in [-0.39, 0.29) is 23.3 Å². The van der Waals surface area contributed by atoms with Crippen LogP contribution in [0.15, 0.2) is 84.9 Å². The number of rotatable bonds is 6. The number of nitrogens with one attached hydrogen (secondary N) is 2. The van der Waals surface area contributed by atoms with E-state index in [2.05, 4.69) is 10.6 Å². The summed E-state index contributed by atoms with van der Waals surface area (Å²) in [5.41, 5.74) is 4.22. The molecular formula is C38H41N3O8. The summed E-state index contributed by atoms with van der Waals surface area (Å²) < 4.78 is 28.5. The van der Waals surface area contributed by atoms with Crippen molar-refractivity contribution in [2.75, 3.05) is 75.4 Å². The molecule has 1 heterocycles. The average Bonchev–Trinajstić information content (AvgIpc) is 3.12. The van der Waals surface area contributed by atoms with Crippen molar-refractivity contribution in [1.29, 1.82) is 0 Å². The van der Waals surface area contributed by atoms with Crippen molar-refractivity contribution in [2.45, 2.75) is 13.8 Å². The molecule has 256 valence electrons. The van der Waals surface area contributed by atoms with Gasteiger partial charge in [-0.25, -0.2) is 0 Å².